The van der Waals surface area contributed by atoms with Crippen LogP contribution in [-0.2, 0) is 19.5 Å². The minimum Gasteiger partial charge on any atom is -0.293 e. The molecule has 0 amide bonds. The second kappa shape index (κ2) is 6.22. The Hall–Kier alpha value is -2.66. The summed E-state index contributed by atoms with van der Waals surface area (Å²) in [6.07, 6.45) is 8.44. The molecule has 23 heavy (non-hydrogen) atoms. The Balaban J connectivity index is 1.56. The summed E-state index contributed by atoms with van der Waals surface area (Å²) >= 11 is 0. The van der Waals surface area contributed by atoms with E-state index in [0.29, 0.717) is 5.82 Å². The third kappa shape index (κ3) is 3.10. The number of pyridine rings is 2. The van der Waals surface area contributed by atoms with E-state index in [0.717, 1.165) is 37.4 Å². The first kappa shape index (κ1) is 14.0. The molecule has 4 rings (SSSR count). The summed E-state index contributed by atoms with van der Waals surface area (Å²) in [5.41, 5.74) is 4.40. The van der Waals surface area contributed by atoms with Crippen molar-refractivity contribution in [1.29, 1.82) is 0 Å². The zero-order valence-electron chi connectivity index (χ0n) is 12.8. The molecule has 5 heteroatoms. The number of aromatic nitrogens is 4. The molecule has 0 unspecified atom stereocenters. The highest BCUT2D eigenvalue weighted by Crippen LogP contribution is 2.21. The van der Waals surface area contributed by atoms with E-state index in [1.165, 1.54) is 11.1 Å². The van der Waals surface area contributed by atoms with Crippen LogP contribution in [0.5, 0.6) is 0 Å². The molecule has 1 aliphatic rings. The predicted molar refractivity (Wildman–Crippen MR) is 87.3 cm³/mol. The van der Waals surface area contributed by atoms with Gasteiger partial charge in [-0.15, -0.1) is 0 Å². The van der Waals surface area contributed by atoms with E-state index >= 15 is 0 Å². The normalized spacial score (nSPS) is 14.4. The Morgan fingerprint density at radius 2 is 2.00 bits per heavy atom. The molecule has 4 heterocycles. The van der Waals surface area contributed by atoms with Gasteiger partial charge in [0.1, 0.15) is 5.69 Å². The van der Waals surface area contributed by atoms with Gasteiger partial charge in [0, 0.05) is 44.4 Å². The largest absolute Gasteiger partial charge is 0.293 e. The van der Waals surface area contributed by atoms with E-state index in [1.807, 2.05) is 36.7 Å². The predicted octanol–water partition coefficient (Wildman–Crippen LogP) is 2.49. The Labute approximate surface area is 135 Å². The molecule has 0 N–H and O–H groups in total. The quantitative estimate of drug-likeness (QED) is 0.744. The molecular formula is C18H17N5. The topological polar surface area (TPSA) is 54.8 Å². The molecule has 0 spiro atoms. The lowest BCUT2D eigenvalue weighted by atomic mass is 10.1. The zero-order valence-corrected chi connectivity index (χ0v) is 12.8. The molecule has 5 nitrogen and oxygen atoms in total. The number of rotatable bonds is 3. The van der Waals surface area contributed by atoms with Crippen molar-refractivity contribution in [2.75, 3.05) is 6.54 Å². The molecule has 0 fully saturated rings. The first-order chi connectivity index (χ1) is 11.4. The fourth-order valence-corrected chi connectivity index (χ4v) is 2.86. The van der Waals surface area contributed by atoms with Crippen molar-refractivity contribution < 1.29 is 0 Å². The molecule has 0 saturated heterocycles. The maximum absolute atomic E-state index is 4.74. The Kier molecular flexibility index (Phi) is 3.78. The van der Waals surface area contributed by atoms with Gasteiger partial charge in [0.2, 0.25) is 0 Å². The summed E-state index contributed by atoms with van der Waals surface area (Å²) in [7, 11) is 0. The second-order valence-corrected chi connectivity index (χ2v) is 5.70. The Morgan fingerprint density at radius 1 is 1.00 bits per heavy atom. The minimum absolute atomic E-state index is 0.701. The van der Waals surface area contributed by atoms with Gasteiger partial charge >= 0.3 is 0 Å². The Morgan fingerprint density at radius 3 is 2.83 bits per heavy atom. The van der Waals surface area contributed by atoms with Gasteiger partial charge < -0.3 is 0 Å². The highest BCUT2D eigenvalue weighted by atomic mass is 15.1. The highest BCUT2D eigenvalue weighted by Gasteiger charge is 2.19. The maximum atomic E-state index is 4.74. The fraction of sp³-hybridized carbons (Fsp3) is 0.222. The van der Waals surface area contributed by atoms with Gasteiger partial charge in [-0.05, 0) is 35.7 Å². The van der Waals surface area contributed by atoms with Gasteiger partial charge in [-0.1, -0.05) is 12.1 Å². The van der Waals surface area contributed by atoms with Crippen molar-refractivity contribution in [1.82, 2.24) is 24.8 Å². The third-order valence-electron chi connectivity index (χ3n) is 4.05. The highest BCUT2D eigenvalue weighted by molar-refractivity contribution is 5.49. The van der Waals surface area contributed by atoms with Crippen molar-refractivity contribution in [3.05, 3.63) is 71.9 Å². The molecule has 0 bridgehead atoms. The summed E-state index contributed by atoms with van der Waals surface area (Å²) in [6, 6.07) is 9.89. The summed E-state index contributed by atoms with van der Waals surface area (Å²) in [6.45, 7) is 2.76. The lowest BCUT2D eigenvalue weighted by molar-refractivity contribution is 0.241. The van der Waals surface area contributed by atoms with Crippen molar-refractivity contribution in [2.24, 2.45) is 0 Å². The number of hydrogen-bond donors (Lipinski definition) is 0. The van der Waals surface area contributed by atoms with Crippen LogP contribution in [-0.4, -0.2) is 31.4 Å². The molecule has 0 atom stereocenters. The zero-order chi connectivity index (χ0) is 15.5. The van der Waals surface area contributed by atoms with Crippen LogP contribution in [0.3, 0.4) is 0 Å². The van der Waals surface area contributed by atoms with Crippen LogP contribution in [0.1, 0.15) is 16.8 Å². The van der Waals surface area contributed by atoms with E-state index in [2.05, 4.69) is 25.9 Å². The van der Waals surface area contributed by atoms with E-state index in [1.54, 1.807) is 12.4 Å². The molecule has 0 aromatic carbocycles. The van der Waals surface area contributed by atoms with Crippen LogP contribution >= 0.6 is 0 Å². The van der Waals surface area contributed by atoms with Gasteiger partial charge in [0.15, 0.2) is 5.82 Å². The van der Waals surface area contributed by atoms with Crippen LogP contribution in [0.2, 0.25) is 0 Å². The van der Waals surface area contributed by atoms with Gasteiger partial charge in [0.25, 0.3) is 0 Å². The Bertz CT molecular complexity index is 789. The van der Waals surface area contributed by atoms with E-state index < -0.39 is 0 Å². The van der Waals surface area contributed by atoms with E-state index in [4.69, 9.17) is 4.98 Å². The second-order valence-electron chi connectivity index (χ2n) is 5.70. The maximum Gasteiger partial charge on any atom is 0.178 e. The van der Waals surface area contributed by atoms with Crippen molar-refractivity contribution in [3.8, 4) is 11.5 Å². The molecule has 0 aliphatic carbocycles. The first-order valence-corrected chi connectivity index (χ1v) is 7.76. The molecule has 0 saturated carbocycles. The number of hydrogen-bond acceptors (Lipinski definition) is 5. The average molecular weight is 303 g/mol. The number of fused-ring (bicyclic) bond motifs is 1. The molecule has 1 aliphatic heterocycles. The van der Waals surface area contributed by atoms with Crippen LogP contribution < -0.4 is 0 Å². The smallest absolute Gasteiger partial charge is 0.178 e. The monoisotopic (exact) mass is 303 g/mol. The molecule has 114 valence electrons. The van der Waals surface area contributed by atoms with E-state index in [9.17, 15) is 0 Å². The fourth-order valence-electron chi connectivity index (χ4n) is 2.86. The lowest BCUT2D eigenvalue weighted by Gasteiger charge is -2.27. The summed E-state index contributed by atoms with van der Waals surface area (Å²) in [4.78, 5) is 20.1. The molecular weight excluding hydrogens is 286 g/mol. The lowest BCUT2D eigenvalue weighted by Crippen LogP contribution is -2.31. The van der Waals surface area contributed by atoms with Crippen LogP contribution in [0.4, 0.5) is 0 Å². The minimum atomic E-state index is 0.701. The van der Waals surface area contributed by atoms with Crippen LogP contribution in [0, 0.1) is 0 Å². The van der Waals surface area contributed by atoms with Gasteiger partial charge in [-0.25, -0.2) is 9.97 Å². The summed E-state index contributed by atoms with van der Waals surface area (Å²) in [5, 5.41) is 0. The number of nitrogens with zero attached hydrogens (tertiary/aromatic N) is 5. The van der Waals surface area contributed by atoms with Crippen molar-refractivity contribution >= 4 is 0 Å². The summed E-state index contributed by atoms with van der Waals surface area (Å²) < 4.78 is 0. The molecule has 3 aromatic heterocycles. The van der Waals surface area contributed by atoms with Crippen molar-refractivity contribution in [3.63, 3.8) is 0 Å². The average Bonchev–Trinajstić information content (AvgIpc) is 2.63. The van der Waals surface area contributed by atoms with Gasteiger partial charge in [0.05, 0.1) is 5.69 Å². The van der Waals surface area contributed by atoms with Crippen molar-refractivity contribution in [2.45, 2.75) is 19.5 Å². The standard InChI is InChI=1S/C18H17N5/c1-2-8-20-16(5-1)18-21-11-15-6-9-23(13-17(15)22-18)12-14-4-3-7-19-10-14/h1-5,7-8,10-11H,6,9,12-13H2. The first-order valence-electron chi connectivity index (χ1n) is 7.76. The summed E-state index contributed by atoms with van der Waals surface area (Å²) in [5.74, 6) is 0.701. The third-order valence-corrected chi connectivity index (χ3v) is 4.05. The van der Waals surface area contributed by atoms with Crippen LogP contribution in [0.25, 0.3) is 11.5 Å². The van der Waals surface area contributed by atoms with Crippen LogP contribution in [0.15, 0.2) is 55.1 Å². The SMILES string of the molecule is c1ccc(-c2ncc3c(n2)CN(Cc2cccnc2)CC3)nc1. The molecule has 3 aromatic rings. The molecule has 0 radical (unpaired) electrons. The van der Waals surface area contributed by atoms with Gasteiger partial charge in [-0.3, -0.25) is 14.9 Å². The van der Waals surface area contributed by atoms with E-state index in [-0.39, 0.29) is 0 Å². The van der Waals surface area contributed by atoms with Gasteiger partial charge in [-0.2, -0.15) is 0 Å².